The van der Waals surface area contributed by atoms with Crippen LogP contribution in [0.5, 0.6) is 0 Å². The molecule has 0 fully saturated rings. The summed E-state index contributed by atoms with van der Waals surface area (Å²) in [7, 11) is 0. The smallest absolute Gasteiger partial charge is 0.408 e. The van der Waals surface area contributed by atoms with Crippen molar-refractivity contribution < 1.29 is 23.9 Å². The lowest BCUT2D eigenvalue weighted by Crippen LogP contribution is -2.49. The lowest BCUT2D eigenvalue weighted by atomic mass is 9.99. The van der Waals surface area contributed by atoms with E-state index in [1.165, 1.54) is 0 Å². The third-order valence-electron chi connectivity index (χ3n) is 4.21. The minimum atomic E-state index is -1.06. The van der Waals surface area contributed by atoms with Gasteiger partial charge in [-0.05, 0) is 23.8 Å². The van der Waals surface area contributed by atoms with Gasteiger partial charge in [-0.15, -0.1) is 0 Å². The summed E-state index contributed by atoms with van der Waals surface area (Å²) in [5, 5.41) is 2.46. The maximum Gasteiger partial charge on any atom is 0.408 e. The molecule has 0 heterocycles. The Labute approximate surface area is 160 Å². The number of primary amides is 1. The Morgan fingerprint density at radius 2 is 1.74 bits per heavy atom. The highest BCUT2D eigenvalue weighted by atomic mass is 16.6. The van der Waals surface area contributed by atoms with Crippen molar-refractivity contribution >= 4 is 18.0 Å². The Morgan fingerprint density at radius 3 is 2.26 bits per heavy atom. The molecular formula is C20H30N2O5. The monoisotopic (exact) mass is 378 g/mol. The van der Waals surface area contributed by atoms with Crippen LogP contribution in [0.15, 0.2) is 30.3 Å². The largest absolute Gasteiger partial charge is 0.458 e. The molecule has 0 radical (unpaired) electrons. The first-order chi connectivity index (χ1) is 12.7. The molecule has 0 aliphatic carbocycles. The van der Waals surface area contributed by atoms with Gasteiger partial charge in [0.15, 0.2) is 0 Å². The van der Waals surface area contributed by atoms with Crippen LogP contribution < -0.4 is 11.1 Å². The molecule has 0 saturated heterocycles. The number of nitrogens with two attached hydrogens (primary N) is 1. The highest BCUT2D eigenvalue weighted by Crippen LogP contribution is 2.13. The fourth-order valence-electron chi connectivity index (χ4n) is 2.46. The van der Waals surface area contributed by atoms with E-state index in [1.807, 2.05) is 51.1 Å². The first-order valence-corrected chi connectivity index (χ1v) is 9.21. The van der Waals surface area contributed by atoms with Gasteiger partial charge in [-0.3, -0.25) is 4.79 Å². The third-order valence-corrected chi connectivity index (χ3v) is 4.21. The van der Waals surface area contributed by atoms with Crippen molar-refractivity contribution in [3.63, 3.8) is 0 Å². The first-order valence-electron chi connectivity index (χ1n) is 9.21. The second-order valence-corrected chi connectivity index (χ2v) is 7.03. The highest BCUT2D eigenvalue weighted by Gasteiger charge is 2.29. The number of ether oxygens (including phenoxy) is 2. The number of hydrogen-bond donors (Lipinski definition) is 2. The van der Waals surface area contributed by atoms with Gasteiger partial charge in [0.1, 0.15) is 12.6 Å². The topological polar surface area (TPSA) is 108 Å². The average molecular weight is 378 g/mol. The molecule has 0 aliphatic rings. The first kappa shape index (κ1) is 22.5. The summed E-state index contributed by atoms with van der Waals surface area (Å²) in [6, 6.07) is 8.37. The van der Waals surface area contributed by atoms with Crippen molar-refractivity contribution in [1.29, 1.82) is 0 Å². The molecule has 150 valence electrons. The molecule has 0 saturated carbocycles. The van der Waals surface area contributed by atoms with Gasteiger partial charge in [-0.1, -0.05) is 64.4 Å². The van der Waals surface area contributed by atoms with Gasteiger partial charge in [-0.2, -0.15) is 0 Å². The van der Waals surface area contributed by atoms with Gasteiger partial charge >= 0.3 is 12.1 Å². The van der Waals surface area contributed by atoms with E-state index < -0.39 is 30.1 Å². The van der Waals surface area contributed by atoms with Crippen LogP contribution in [0.2, 0.25) is 0 Å². The van der Waals surface area contributed by atoms with Crippen LogP contribution in [0, 0.1) is 11.8 Å². The Hall–Kier alpha value is -2.57. The zero-order chi connectivity index (χ0) is 20.4. The quantitative estimate of drug-likeness (QED) is 0.609. The Bertz CT molecular complexity index is 618. The summed E-state index contributed by atoms with van der Waals surface area (Å²) in [6.07, 6.45) is -0.950. The minimum absolute atomic E-state index is 0.0933. The number of hydrogen-bond acceptors (Lipinski definition) is 5. The maximum atomic E-state index is 12.4. The lowest BCUT2D eigenvalue weighted by molar-refractivity contribution is -0.156. The van der Waals surface area contributed by atoms with Crippen LogP contribution in [-0.2, 0) is 25.7 Å². The van der Waals surface area contributed by atoms with Crippen LogP contribution in [0.4, 0.5) is 4.79 Å². The second-order valence-electron chi connectivity index (χ2n) is 7.03. The van der Waals surface area contributed by atoms with Gasteiger partial charge in [0.2, 0.25) is 12.0 Å². The molecule has 7 nitrogen and oxygen atoms in total. The van der Waals surface area contributed by atoms with Crippen LogP contribution in [-0.4, -0.2) is 30.1 Å². The van der Waals surface area contributed by atoms with E-state index in [2.05, 4.69) is 5.32 Å². The van der Waals surface area contributed by atoms with Crippen molar-refractivity contribution in [2.24, 2.45) is 17.6 Å². The number of benzene rings is 1. The second kappa shape index (κ2) is 11.2. The molecule has 0 aromatic heterocycles. The number of carbonyl (C=O) groups is 3. The van der Waals surface area contributed by atoms with Crippen LogP contribution >= 0.6 is 0 Å². The molecule has 3 atom stereocenters. The van der Waals surface area contributed by atoms with E-state index >= 15 is 0 Å². The summed E-state index contributed by atoms with van der Waals surface area (Å²) in [5.41, 5.74) is 6.18. The average Bonchev–Trinajstić information content (AvgIpc) is 2.63. The number of rotatable bonds is 10. The molecule has 0 spiro atoms. The minimum Gasteiger partial charge on any atom is -0.458 e. The van der Waals surface area contributed by atoms with Crippen LogP contribution in [0.3, 0.4) is 0 Å². The van der Waals surface area contributed by atoms with Crippen molar-refractivity contribution in [3.8, 4) is 0 Å². The van der Waals surface area contributed by atoms with Crippen molar-refractivity contribution in [3.05, 3.63) is 35.9 Å². The van der Waals surface area contributed by atoms with Gasteiger partial charge < -0.3 is 20.5 Å². The van der Waals surface area contributed by atoms with Gasteiger partial charge in [0.05, 0.1) is 0 Å². The Kier molecular flexibility index (Phi) is 9.33. The Balaban J connectivity index is 2.70. The number of nitrogens with one attached hydrogen (secondary N) is 1. The van der Waals surface area contributed by atoms with Gasteiger partial charge in [0.25, 0.3) is 0 Å². The summed E-state index contributed by atoms with van der Waals surface area (Å²) < 4.78 is 10.5. The zero-order valence-corrected chi connectivity index (χ0v) is 16.4. The fourth-order valence-corrected chi connectivity index (χ4v) is 2.46. The molecule has 7 heteroatoms. The number of esters is 1. The van der Waals surface area contributed by atoms with E-state index in [4.69, 9.17) is 15.2 Å². The molecule has 2 amide bonds. The van der Waals surface area contributed by atoms with E-state index in [1.54, 1.807) is 6.92 Å². The zero-order valence-electron chi connectivity index (χ0n) is 16.4. The summed E-state index contributed by atoms with van der Waals surface area (Å²) >= 11 is 0. The molecule has 3 N–H and O–H groups in total. The molecule has 0 unspecified atom stereocenters. The predicted octanol–water partition coefficient (Wildman–Crippen LogP) is 2.77. The molecule has 1 aromatic rings. The molecule has 27 heavy (non-hydrogen) atoms. The van der Waals surface area contributed by atoms with Crippen LogP contribution in [0.1, 0.15) is 46.1 Å². The predicted molar refractivity (Wildman–Crippen MR) is 102 cm³/mol. The fraction of sp³-hybridized carbons (Fsp3) is 0.550. The maximum absolute atomic E-state index is 12.4. The standard InChI is InChI=1S/C20H30N2O5/c1-5-14(4)17(18(21)23)22-20(25)27-16(11-13(2)3)19(24)26-12-15-9-7-6-8-10-15/h6-10,13-14,16-17H,5,11-12H2,1-4H3,(H2,21,23)(H,22,25)/t14-,16-,17-/m0/s1. The van der Waals surface area contributed by atoms with E-state index in [0.717, 1.165) is 5.56 Å². The van der Waals surface area contributed by atoms with Gasteiger partial charge in [0, 0.05) is 0 Å². The molecule has 1 aromatic carbocycles. The molecular weight excluding hydrogens is 348 g/mol. The molecule has 1 rings (SSSR count). The van der Waals surface area contributed by atoms with Crippen LogP contribution in [0.25, 0.3) is 0 Å². The van der Waals surface area contributed by atoms with E-state index in [-0.39, 0.29) is 18.4 Å². The third kappa shape index (κ3) is 8.11. The lowest BCUT2D eigenvalue weighted by Gasteiger charge is -2.23. The number of alkyl carbamates (subject to hydrolysis) is 1. The summed E-state index contributed by atoms with van der Waals surface area (Å²) in [5.74, 6) is -1.31. The molecule has 0 aliphatic heterocycles. The summed E-state index contributed by atoms with van der Waals surface area (Å²) in [4.78, 5) is 36.1. The summed E-state index contributed by atoms with van der Waals surface area (Å²) in [6.45, 7) is 7.59. The number of carbonyl (C=O) groups excluding carboxylic acids is 3. The van der Waals surface area contributed by atoms with Gasteiger partial charge in [-0.25, -0.2) is 9.59 Å². The SMILES string of the molecule is CC[C@H](C)[C@H](NC(=O)O[C@@H](CC(C)C)C(=O)OCc1ccccc1)C(N)=O. The Morgan fingerprint density at radius 1 is 1.11 bits per heavy atom. The van der Waals surface area contributed by atoms with E-state index in [9.17, 15) is 14.4 Å². The number of amides is 2. The van der Waals surface area contributed by atoms with Crippen molar-refractivity contribution in [1.82, 2.24) is 5.32 Å². The normalized spacial score (nSPS) is 14.1. The van der Waals surface area contributed by atoms with E-state index in [0.29, 0.717) is 12.8 Å². The highest BCUT2D eigenvalue weighted by molar-refractivity contribution is 5.85. The van der Waals surface area contributed by atoms with Crippen molar-refractivity contribution in [2.45, 2.75) is 59.3 Å². The van der Waals surface area contributed by atoms with Crippen molar-refractivity contribution in [2.75, 3.05) is 0 Å². The molecule has 0 bridgehead atoms.